The molecule has 1 aliphatic heterocycles. The van der Waals surface area contributed by atoms with Crippen LogP contribution in [0.3, 0.4) is 0 Å². The number of carbonyl (C=O) groups is 1. The van der Waals surface area contributed by atoms with E-state index in [9.17, 15) is 15.0 Å². The highest BCUT2D eigenvalue weighted by molar-refractivity contribution is 5.78. The lowest BCUT2D eigenvalue weighted by Crippen LogP contribution is -2.34. The Morgan fingerprint density at radius 2 is 1.82 bits per heavy atom. The average molecular weight is 383 g/mol. The van der Waals surface area contributed by atoms with Gasteiger partial charge in [-0.2, -0.15) is 0 Å². The maximum atomic E-state index is 12.7. The van der Waals surface area contributed by atoms with Gasteiger partial charge in [-0.3, -0.25) is 4.79 Å². The molecule has 2 aromatic rings. The van der Waals surface area contributed by atoms with E-state index in [0.29, 0.717) is 18.0 Å². The van der Waals surface area contributed by atoms with Gasteiger partial charge in [0.05, 0.1) is 13.2 Å². The fraction of sp³-hybridized carbons (Fsp3) is 0.409. The highest BCUT2D eigenvalue weighted by Crippen LogP contribution is 2.68. The van der Waals surface area contributed by atoms with Crippen molar-refractivity contribution in [2.24, 2.45) is 11.3 Å². The first kappa shape index (κ1) is 18.8. The van der Waals surface area contributed by atoms with Gasteiger partial charge in [0.1, 0.15) is 0 Å². The lowest BCUT2D eigenvalue weighted by Gasteiger charge is -2.17. The molecule has 2 aromatic carbocycles. The minimum Gasteiger partial charge on any atom is -0.493 e. The zero-order chi connectivity index (χ0) is 19.7. The van der Waals surface area contributed by atoms with Gasteiger partial charge in [0, 0.05) is 25.1 Å². The number of methoxy groups -OCH3 is 1. The molecule has 28 heavy (non-hydrogen) atoms. The van der Waals surface area contributed by atoms with Crippen LogP contribution in [0.1, 0.15) is 11.5 Å². The van der Waals surface area contributed by atoms with Gasteiger partial charge in [-0.05, 0) is 29.5 Å². The molecule has 1 spiro atoms. The van der Waals surface area contributed by atoms with E-state index in [1.165, 1.54) is 0 Å². The number of aliphatic hydroxyl groups is 2. The summed E-state index contributed by atoms with van der Waals surface area (Å²) in [6.45, 7) is 0.556. The zero-order valence-corrected chi connectivity index (χ0v) is 15.8. The van der Waals surface area contributed by atoms with Gasteiger partial charge < -0.3 is 24.6 Å². The summed E-state index contributed by atoms with van der Waals surface area (Å²) in [5, 5.41) is 20.6. The van der Waals surface area contributed by atoms with Gasteiger partial charge in [0.2, 0.25) is 0 Å². The smallest absolute Gasteiger partial charge is 0.260 e. The molecule has 2 fully saturated rings. The maximum absolute atomic E-state index is 12.7. The molecular formula is C22H25NO5. The van der Waals surface area contributed by atoms with Crippen molar-refractivity contribution in [3.8, 4) is 11.5 Å². The van der Waals surface area contributed by atoms with Crippen LogP contribution in [0.4, 0.5) is 0 Å². The molecule has 1 saturated carbocycles. The molecule has 0 unspecified atom stereocenters. The second kappa shape index (κ2) is 7.45. The third kappa shape index (κ3) is 3.02. The average Bonchev–Trinajstić information content (AvgIpc) is 3.27. The summed E-state index contributed by atoms with van der Waals surface area (Å²) in [7, 11) is 1.55. The Balaban J connectivity index is 1.44. The number of β-amino-alcohol motifs (C(OH)–C–C–N with tert-alkyl or cyclic N) is 1. The molecule has 1 heterocycles. The fourth-order valence-corrected chi connectivity index (χ4v) is 4.73. The summed E-state index contributed by atoms with van der Waals surface area (Å²) in [6.07, 6.45) is -0.662. The van der Waals surface area contributed by atoms with Gasteiger partial charge in [0.25, 0.3) is 5.91 Å². The van der Waals surface area contributed by atoms with Crippen molar-refractivity contribution in [3.05, 3.63) is 60.2 Å². The number of benzene rings is 2. The monoisotopic (exact) mass is 383 g/mol. The summed E-state index contributed by atoms with van der Waals surface area (Å²) >= 11 is 0. The summed E-state index contributed by atoms with van der Waals surface area (Å²) < 4.78 is 10.9. The number of hydrogen-bond acceptors (Lipinski definition) is 5. The molecule has 6 heteroatoms. The molecule has 0 radical (unpaired) electrons. The predicted octanol–water partition coefficient (Wildman–Crippen LogP) is 1.67. The van der Waals surface area contributed by atoms with Crippen molar-refractivity contribution in [2.75, 3.05) is 33.4 Å². The van der Waals surface area contributed by atoms with Crippen molar-refractivity contribution in [2.45, 2.75) is 12.0 Å². The van der Waals surface area contributed by atoms with Crippen LogP contribution in [0.25, 0.3) is 0 Å². The largest absolute Gasteiger partial charge is 0.493 e. The van der Waals surface area contributed by atoms with E-state index in [1.54, 1.807) is 24.1 Å². The van der Waals surface area contributed by atoms with E-state index in [-0.39, 0.29) is 37.5 Å². The quantitative estimate of drug-likeness (QED) is 0.793. The predicted molar refractivity (Wildman–Crippen MR) is 103 cm³/mol. The van der Waals surface area contributed by atoms with Crippen LogP contribution in [-0.2, 0) is 4.79 Å². The zero-order valence-electron chi connectivity index (χ0n) is 15.8. The van der Waals surface area contributed by atoms with Crippen LogP contribution >= 0.6 is 0 Å². The van der Waals surface area contributed by atoms with E-state index in [1.807, 2.05) is 42.5 Å². The third-order valence-electron chi connectivity index (χ3n) is 6.17. The SMILES string of the molecule is COc1ccccc1OCC(=O)N1C[C@H](O)[C@@]2(C1)[C@H](CO)[C@H]2c1ccccc1. The van der Waals surface area contributed by atoms with Gasteiger partial charge in [-0.1, -0.05) is 42.5 Å². The van der Waals surface area contributed by atoms with Crippen LogP contribution in [0.2, 0.25) is 0 Å². The molecule has 6 nitrogen and oxygen atoms in total. The maximum Gasteiger partial charge on any atom is 0.260 e. The van der Waals surface area contributed by atoms with E-state index in [0.717, 1.165) is 5.56 Å². The summed E-state index contributed by atoms with van der Waals surface area (Å²) in [5.74, 6) is 0.909. The van der Waals surface area contributed by atoms with Crippen LogP contribution in [0.5, 0.6) is 11.5 Å². The second-order valence-electron chi connectivity index (χ2n) is 7.52. The minimum absolute atomic E-state index is 0.00361. The Morgan fingerprint density at radius 3 is 2.50 bits per heavy atom. The van der Waals surface area contributed by atoms with Gasteiger partial charge in [0.15, 0.2) is 18.1 Å². The first-order chi connectivity index (χ1) is 13.6. The van der Waals surface area contributed by atoms with Gasteiger partial charge >= 0.3 is 0 Å². The van der Waals surface area contributed by atoms with Crippen molar-refractivity contribution in [1.29, 1.82) is 0 Å². The second-order valence-corrected chi connectivity index (χ2v) is 7.52. The van der Waals surface area contributed by atoms with Crippen LogP contribution in [0, 0.1) is 11.3 Å². The normalized spacial score (nSPS) is 28.4. The number of para-hydroxylation sites is 2. The number of rotatable bonds is 6. The van der Waals surface area contributed by atoms with Crippen molar-refractivity contribution in [1.82, 2.24) is 4.90 Å². The molecule has 1 amide bonds. The Labute approximate surface area is 164 Å². The van der Waals surface area contributed by atoms with E-state index in [4.69, 9.17) is 9.47 Å². The molecule has 0 aromatic heterocycles. The van der Waals surface area contributed by atoms with Crippen molar-refractivity contribution < 1.29 is 24.5 Å². The highest BCUT2D eigenvalue weighted by Gasteiger charge is 2.71. The lowest BCUT2D eigenvalue weighted by molar-refractivity contribution is -0.132. The number of likely N-dealkylation sites (tertiary alicyclic amines) is 1. The molecule has 4 atom stereocenters. The molecule has 1 aliphatic carbocycles. The summed E-state index contributed by atoms with van der Waals surface area (Å²) in [4.78, 5) is 14.3. The first-order valence-corrected chi connectivity index (χ1v) is 9.49. The Bertz CT molecular complexity index is 842. The highest BCUT2D eigenvalue weighted by atomic mass is 16.5. The Hall–Kier alpha value is -2.57. The number of hydrogen-bond donors (Lipinski definition) is 2. The number of ether oxygens (including phenoxy) is 2. The summed E-state index contributed by atoms with van der Waals surface area (Å²) in [6, 6.07) is 17.1. The number of aliphatic hydroxyl groups excluding tert-OH is 2. The number of nitrogens with zero attached hydrogens (tertiary/aromatic N) is 1. The van der Waals surface area contributed by atoms with E-state index < -0.39 is 11.5 Å². The Morgan fingerprint density at radius 1 is 1.14 bits per heavy atom. The number of amides is 1. The van der Waals surface area contributed by atoms with Crippen LogP contribution in [-0.4, -0.2) is 60.5 Å². The molecule has 2 N–H and O–H groups in total. The van der Waals surface area contributed by atoms with Crippen molar-refractivity contribution in [3.63, 3.8) is 0 Å². The summed E-state index contributed by atoms with van der Waals surface area (Å²) in [5.41, 5.74) is 0.621. The molecule has 0 bridgehead atoms. The van der Waals surface area contributed by atoms with Gasteiger partial charge in [-0.25, -0.2) is 0 Å². The van der Waals surface area contributed by atoms with Crippen LogP contribution in [0.15, 0.2) is 54.6 Å². The topological polar surface area (TPSA) is 79.2 Å². The van der Waals surface area contributed by atoms with Gasteiger partial charge in [-0.15, -0.1) is 0 Å². The molecule has 1 saturated heterocycles. The Kier molecular flexibility index (Phi) is 5.00. The fourth-order valence-electron chi connectivity index (χ4n) is 4.73. The first-order valence-electron chi connectivity index (χ1n) is 9.49. The van der Waals surface area contributed by atoms with Crippen LogP contribution < -0.4 is 9.47 Å². The van der Waals surface area contributed by atoms with Crippen molar-refractivity contribution >= 4 is 5.91 Å². The number of carbonyl (C=O) groups excluding carboxylic acids is 1. The minimum atomic E-state index is -0.662. The third-order valence-corrected chi connectivity index (χ3v) is 6.17. The molecule has 148 valence electrons. The van der Waals surface area contributed by atoms with E-state index in [2.05, 4.69) is 0 Å². The molecule has 4 rings (SSSR count). The lowest BCUT2D eigenvalue weighted by atomic mass is 9.95. The van der Waals surface area contributed by atoms with E-state index >= 15 is 0 Å². The molecular weight excluding hydrogens is 358 g/mol. The molecule has 2 aliphatic rings. The standard InChI is InChI=1S/C22H25NO5/c1-27-17-9-5-6-10-18(17)28-13-20(26)23-11-19(25)22(14-23)16(12-24)21(22)15-7-3-2-4-8-15/h2-10,16,19,21,24-25H,11-14H2,1H3/t16-,19+,21-,22-/m1/s1.